The molecule has 0 bridgehead atoms. The maximum absolute atomic E-state index is 12.7. The Balaban J connectivity index is 1.33. The largest absolute Gasteiger partial charge is 0.347 e. The number of nitrogens with zero attached hydrogens (tertiary/aromatic N) is 1. The van der Waals surface area contributed by atoms with Gasteiger partial charge in [0.25, 0.3) is 0 Å². The van der Waals surface area contributed by atoms with E-state index in [2.05, 4.69) is 5.32 Å². The summed E-state index contributed by atoms with van der Waals surface area (Å²) in [6.07, 6.45) is 1.99. The first-order chi connectivity index (χ1) is 12.9. The van der Waals surface area contributed by atoms with Crippen molar-refractivity contribution in [2.45, 2.75) is 38.9 Å². The molecule has 0 aromatic heterocycles. The zero-order valence-electron chi connectivity index (χ0n) is 15.7. The number of anilines is 1. The van der Waals surface area contributed by atoms with Gasteiger partial charge in [-0.3, -0.25) is 9.59 Å². The van der Waals surface area contributed by atoms with Crippen molar-refractivity contribution in [3.8, 4) is 0 Å². The standard InChI is InChI=1S/C20H25ClN2O4/c1-12-9-13(2)17(16(21)10-12)22-18(24)14-11-15(14)19(25)23-5-3-20(4-6-23)26-7-8-27-20/h9-10,14-15H,3-8,11H2,1-2H3,(H,22,24). The molecule has 27 heavy (non-hydrogen) atoms. The van der Waals surface area contributed by atoms with Crippen molar-refractivity contribution in [2.75, 3.05) is 31.6 Å². The summed E-state index contributed by atoms with van der Waals surface area (Å²) in [6.45, 7) is 6.37. The molecule has 2 atom stereocenters. The summed E-state index contributed by atoms with van der Waals surface area (Å²) in [5.41, 5.74) is 2.61. The van der Waals surface area contributed by atoms with Gasteiger partial charge in [0, 0.05) is 25.9 Å². The van der Waals surface area contributed by atoms with Crippen LogP contribution in [0.4, 0.5) is 5.69 Å². The molecule has 3 aliphatic rings. The van der Waals surface area contributed by atoms with E-state index in [1.165, 1.54) is 0 Å². The van der Waals surface area contributed by atoms with Crippen LogP contribution in [-0.4, -0.2) is 48.8 Å². The molecule has 1 saturated carbocycles. The number of nitrogens with one attached hydrogen (secondary N) is 1. The van der Waals surface area contributed by atoms with Gasteiger partial charge in [0.05, 0.1) is 35.8 Å². The number of hydrogen-bond acceptors (Lipinski definition) is 4. The van der Waals surface area contributed by atoms with Crippen molar-refractivity contribution in [2.24, 2.45) is 11.8 Å². The topological polar surface area (TPSA) is 67.9 Å². The van der Waals surface area contributed by atoms with Gasteiger partial charge in [-0.25, -0.2) is 0 Å². The van der Waals surface area contributed by atoms with E-state index in [0.29, 0.717) is 56.3 Å². The molecule has 1 aromatic rings. The van der Waals surface area contributed by atoms with Crippen LogP contribution in [0.15, 0.2) is 12.1 Å². The highest BCUT2D eigenvalue weighted by molar-refractivity contribution is 6.34. The monoisotopic (exact) mass is 392 g/mol. The summed E-state index contributed by atoms with van der Waals surface area (Å²) in [6, 6.07) is 3.81. The Labute approximate surface area is 164 Å². The second-order valence-electron chi connectivity index (χ2n) is 7.81. The Bertz CT molecular complexity index is 742. The summed E-state index contributed by atoms with van der Waals surface area (Å²) >= 11 is 6.27. The minimum atomic E-state index is -0.489. The zero-order chi connectivity index (χ0) is 19.2. The number of amides is 2. The summed E-state index contributed by atoms with van der Waals surface area (Å²) < 4.78 is 11.4. The lowest BCUT2D eigenvalue weighted by molar-refractivity contribution is -0.187. The van der Waals surface area contributed by atoms with E-state index >= 15 is 0 Å². The molecule has 2 unspecified atom stereocenters. The van der Waals surface area contributed by atoms with Crippen LogP contribution in [0.3, 0.4) is 0 Å². The van der Waals surface area contributed by atoms with E-state index in [1.807, 2.05) is 30.9 Å². The van der Waals surface area contributed by atoms with Gasteiger partial charge in [-0.15, -0.1) is 0 Å². The highest BCUT2D eigenvalue weighted by Gasteiger charge is 2.51. The second kappa shape index (κ2) is 7.08. The third-order valence-corrected chi connectivity index (χ3v) is 6.07. The summed E-state index contributed by atoms with van der Waals surface area (Å²) in [5, 5.41) is 3.44. The average Bonchev–Trinajstić information content (AvgIpc) is 3.32. The van der Waals surface area contributed by atoms with Gasteiger partial charge in [-0.1, -0.05) is 17.7 Å². The Morgan fingerprint density at radius 3 is 2.44 bits per heavy atom. The molecule has 1 N–H and O–H groups in total. The third-order valence-electron chi connectivity index (χ3n) is 5.77. The quantitative estimate of drug-likeness (QED) is 0.858. The molecule has 3 fully saturated rings. The molecule has 2 heterocycles. The first kappa shape index (κ1) is 18.7. The first-order valence-electron chi connectivity index (χ1n) is 9.53. The number of piperidine rings is 1. The Kier molecular flexibility index (Phi) is 4.91. The molecule has 2 saturated heterocycles. The smallest absolute Gasteiger partial charge is 0.228 e. The lowest BCUT2D eigenvalue weighted by Crippen LogP contribution is -2.48. The van der Waals surface area contributed by atoms with Gasteiger partial charge < -0.3 is 19.7 Å². The van der Waals surface area contributed by atoms with E-state index in [0.717, 1.165) is 11.1 Å². The van der Waals surface area contributed by atoms with Crippen LogP contribution < -0.4 is 5.32 Å². The fraction of sp³-hybridized carbons (Fsp3) is 0.600. The summed E-state index contributed by atoms with van der Waals surface area (Å²) in [4.78, 5) is 27.2. The van der Waals surface area contributed by atoms with Crippen LogP contribution in [0.1, 0.15) is 30.4 Å². The molecule has 6 nitrogen and oxygen atoms in total. The fourth-order valence-corrected chi connectivity index (χ4v) is 4.50. The molecule has 146 valence electrons. The summed E-state index contributed by atoms with van der Waals surface area (Å²) in [7, 11) is 0. The molecular weight excluding hydrogens is 368 g/mol. The molecule has 2 aliphatic heterocycles. The number of likely N-dealkylation sites (tertiary alicyclic amines) is 1. The SMILES string of the molecule is Cc1cc(C)c(NC(=O)C2CC2C(=O)N2CCC3(CC2)OCCO3)c(Cl)c1. The number of ether oxygens (including phenoxy) is 2. The molecule has 1 aromatic carbocycles. The van der Waals surface area contributed by atoms with E-state index in [4.69, 9.17) is 21.1 Å². The van der Waals surface area contributed by atoms with Crippen LogP contribution in [0.2, 0.25) is 5.02 Å². The lowest BCUT2D eigenvalue weighted by Gasteiger charge is -2.37. The van der Waals surface area contributed by atoms with Gasteiger partial charge in [0.1, 0.15) is 0 Å². The molecule has 1 aliphatic carbocycles. The molecular formula is C20H25ClN2O4. The fourth-order valence-electron chi connectivity index (χ4n) is 4.14. The number of rotatable bonds is 3. The van der Waals surface area contributed by atoms with E-state index < -0.39 is 5.79 Å². The van der Waals surface area contributed by atoms with Gasteiger partial charge in [0.2, 0.25) is 11.8 Å². The highest BCUT2D eigenvalue weighted by Crippen LogP contribution is 2.43. The van der Waals surface area contributed by atoms with Crippen molar-refractivity contribution in [1.29, 1.82) is 0 Å². The van der Waals surface area contributed by atoms with Crippen LogP contribution in [0.5, 0.6) is 0 Å². The van der Waals surface area contributed by atoms with E-state index in [9.17, 15) is 9.59 Å². The van der Waals surface area contributed by atoms with Crippen LogP contribution in [-0.2, 0) is 19.1 Å². The average molecular weight is 393 g/mol. The van der Waals surface area contributed by atoms with E-state index in [1.54, 1.807) is 0 Å². The zero-order valence-corrected chi connectivity index (χ0v) is 16.5. The van der Waals surface area contributed by atoms with Crippen molar-refractivity contribution >= 4 is 29.1 Å². The number of benzene rings is 1. The van der Waals surface area contributed by atoms with Crippen molar-refractivity contribution in [1.82, 2.24) is 4.90 Å². The van der Waals surface area contributed by atoms with Gasteiger partial charge in [0.15, 0.2) is 5.79 Å². The normalized spacial score (nSPS) is 26.3. The van der Waals surface area contributed by atoms with E-state index in [-0.39, 0.29) is 23.7 Å². The lowest BCUT2D eigenvalue weighted by atomic mass is 10.0. The maximum atomic E-state index is 12.7. The van der Waals surface area contributed by atoms with Crippen LogP contribution in [0, 0.1) is 25.7 Å². The van der Waals surface area contributed by atoms with Crippen LogP contribution in [0.25, 0.3) is 0 Å². The maximum Gasteiger partial charge on any atom is 0.228 e. The van der Waals surface area contributed by atoms with Crippen LogP contribution >= 0.6 is 11.6 Å². The minimum absolute atomic E-state index is 0.0646. The third kappa shape index (κ3) is 3.71. The number of hydrogen-bond donors (Lipinski definition) is 1. The minimum Gasteiger partial charge on any atom is -0.347 e. The molecule has 2 amide bonds. The first-order valence-corrected chi connectivity index (χ1v) is 9.91. The summed E-state index contributed by atoms with van der Waals surface area (Å²) in [5.74, 6) is -1.05. The number of carbonyl (C=O) groups is 2. The molecule has 0 radical (unpaired) electrons. The molecule has 7 heteroatoms. The van der Waals surface area contributed by atoms with Gasteiger partial charge in [-0.05, 0) is 37.5 Å². The van der Waals surface area contributed by atoms with Crippen molar-refractivity contribution in [3.63, 3.8) is 0 Å². The van der Waals surface area contributed by atoms with Gasteiger partial charge >= 0.3 is 0 Å². The molecule has 1 spiro atoms. The number of halogens is 1. The molecule has 4 rings (SSSR count). The van der Waals surface area contributed by atoms with Crippen molar-refractivity contribution in [3.05, 3.63) is 28.3 Å². The second-order valence-corrected chi connectivity index (χ2v) is 8.22. The van der Waals surface area contributed by atoms with Crippen molar-refractivity contribution < 1.29 is 19.1 Å². The Hall–Kier alpha value is -1.63. The predicted octanol–water partition coefficient (Wildman–Crippen LogP) is 2.90. The Morgan fingerprint density at radius 2 is 1.81 bits per heavy atom. The number of aryl methyl sites for hydroxylation is 2. The Morgan fingerprint density at radius 1 is 1.15 bits per heavy atom. The highest BCUT2D eigenvalue weighted by atomic mass is 35.5. The van der Waals surface area contributed by atoms with Gasteiger partial charge in [-0.2, -0.15) is 0 Å². The predicted molar refractivity (Wildman–Crippen MR) is 102 cm³/mol. The number of carbonyl (C=O) groups excluding carboxylic acids is 2.